The van der Waals surface area contributed by atoms with Gasteiger partial charge in [0.25, 0.3) is 0 Å². The standard InChI is InChI=1S/C22H23NO/c1-14(2)20(13-24)23-12-18-9-8-17-7-6-15-4-3-5-16-10-11-19(18)22(17)21(15)16/h3-11,14,20,23-24H,12-13H2,1-2H3/t20-/m1/s1. The van der Waals surface area contributed by atoms with Crippen LogP contribution in [0.4, 0.5) is 0 Å². The number of aliphatic hydroxyl groups excluding tert-OH is 1. The van der Waals surface area contributed by atoms with E-state index in [-0.39, 0.29) is 12.6 Å². The van der Waals surface area contributed by atoms with Crippen LogP contribution in [0.2, 0.25) is 0 Å². The molecule has 0 bridgehead atoms. The number of aliphatic hydroxyl groups is 1. The van der Waals surface area contributed by atoms with E-state index in [9.17, 15) is 5.11 Å². The molecule has 4 aromatic carbocycles. The summed E-state index contributed by atoms with van der Waals surface area (Å²) in [6.45, 7) is 5.22. The average Bonchev–Trinajstić information content (AvgIpc) is 2.60. The highest BCUT2D eigenvalue weighted by atomic mass is 16.3. The van der Waals surface area contributed by atoms with Crippen molar-refractivity contribution in [3.63, 3.8) is 0 Å². The van der Waals surface area contributed by atoms with Crippen molar-refractivity contribution < 1.29 is 5.11 Å². The molecule has 2 heteroatoms. The Morgan fingerprint density at radius 2 is 1.46 bits per heavy atom. The maximum atomic E-state index is 9.55. The molecular weight excluding hydrogens is 294 g/mol. The topological polar surface area (TPSA) is 32.3 Å². The van der Waals surface area contributed by atoms with E-state index in [1.807, 2.05) is 0 Å². The summed E-state index contributed by atoms with van der Waals surface area (Å²) >= 11 is 0. The summed E-state index contributed by atoms with van der Waals surface area (Å²) in [5.74, 6) is 0.412. The summed E-state index contributed by atoms with van der Waals surface area (Å²) in [6, 6.07) is 19.9. The molecule has 2 nitrogen and oxygen atoms in total. The van der Waals surface area contributed by atoms with Gasteiger partial charge in [0.15, 0.2) is 0 Å². The SMILES string of the molecule is CC(C)[C@@H](CO)NCc1ccc2ccc3cccc4ccc1c2c34. The predicted molar refractivity (Wildman–Crippen MR) is 103 cm³/mol. The van der Waals surface area contributed by atoms with Crippen LogP contribution in [0.25, 0.3) is 32.3 Å². The van der Waals surface area contributed by atoms with Crippen molar-refractivity contribution in [1.29, 1.82) is 0 Å². The highest BCUT2D eigenvalue weighted by Crippen LogP contribution is 2.35. The minimum absolute atomic E-state index is 0.128. The van der Waals surface area contributed by atoms with Gasteiger partial charge in [0.1, 0.15) is 0 Å². The first-order valence-electron chi connectivity index (χ1n) is 8.68. The van der Waals surface area contributed by atoms with Gasteiger partial charge in [-0.05, 0) is 43.8 Å². The Bertz CT molecular complexity index is 973. The number of nitrogens with one attached hydrogen (secondary N) is 1. The lowest BCUT2D eigenvalue weighted by Gasteiger charge is -2.21. The monoisotopic (exact) mass is 317 g/mol. The largest absolute Gasteiger partial charge is 0.395 e. The molecule has 0 spiro atoms. The Labute approximate surface area is 142 Å². The third-order valence-electron chi connectivity index (χ3n) is 5.18. The average molecular weight is 317 g/mol. The highest BCUT2D eigenvalue weighted by Gasteiger charge is 2.14. The van der Waals surface area contributed by atoms with E-state index in [1.54, 1.807) is 0 Å². The molecule has 1 atom stereocenters. The Balaban J connectivity index is 1.85. The van der Waals surface area contributed by atoms with E-state index in [1.165, 1.54) is 37.9 Å². The van der Waals surface area contributed by atoms with Crippen molar-refractivity contribution in [2.75, 3.05) is 6.61 Å². The minimum atomic E-state index is 0.128. The van der Waals surface area contributed by atoms with E-state index in [4.69, 9.17) is 0 Å². The molecule has 0 aliphatic carbocycles. The van der Waals surface area contributed by atoms with Gasteiger partial charge in [0.2, 0.25) is 0 Å². The number of benzene rings is 4. The predicted octanol–water partition coefficient (Wildman–Crippen LogP) is 4.69. The molecule has 0 saturated carbocycles. The van der Waals surface area contributed by atoms with Crippen LogP contribution in [0.3, 0.4) is 0 Å². The Hall–Kier alpha value is -2.16. The molecule has 0 unspecified atom stereocenters. The van der Waals surface area contributed by atoms with E-state index in [0.717, 1.165) is 6.54 Å². The van der Waals surface area contributed by atoms with Crippen molar-refractivity contribution in [2.45, 2.75) is 26.4 Å². The lowest BCUT2D eigenvalue weighted by Crippen LogP contribution is -2.36. The lowest BCUT2D eigenvalue weighted by molar-refractivity contribution is 0.210. The molecule has 122 valence electrons. The van der Waals surface area contributed by atoms with Crippen molar-refractivity contribution in [1.82, 2.24) is 5.32 Å². The molecular formula is C22H23NO. The van der Waals surface area contributed by atoms with E-state index >= 15 is 0 Å². The second-order valence-corrected chi connectivity index (χ2v) is 6.99. The third-order valence-corrected chi connectivity index (χ3v) is 5.18. The first-order valence-corrected chi connectivity index (χ1v) is 8.68. The highest BCUT2D eigenvalue weighted by molar-refractivity contribution is 6.23. The van der Waals surface area contributed by atoms with Crippen LogP contribution >= 0.6 is 0 Å². The maximum Gasteiger partial charge on any atom is 0.0587 e. The summed E-state index contributed by atoms with van der Waals surface area (Å²) in [5, 5.41) is 21.0. The minimum Gasteiger partial charge on any atom is -0.395 e. The number of rotatable bonds is 5. The molecule has 4 rings (SSSR count). The summed E-state index contributed by atoms with van der Waals surface area (Å²) in [5.41, 5.74) is 1.29. The molecule has 4 aromatic rings. The van der Waals surface area contributed by atoms with Gasteiger partial charge in [-0.2, -0.15) is 0 Å². The third kappa shape index (κ3) is 2.43. The zero-order chi connectivity index (χ0) is 16.7. The molecule has 0 radical (unpaired) electrons. The molecule has 0 heterocycles. The van der Waals surface area contributed by atoms with Crippen molar-refractivity contribution in [3.8, 4) is 0 Å². The quantitative estimate of drug-likeness (QED) is 0.523. The molecule has 0 saturated heterocycles. The van der Waals surface area contributed by atoms with Crippen LogP contribution in [0.5, 0.6) is 0 Å². The lowest BCUT2D eigenvalue weighted by atomic mass is 9.92. The second-order valence-electron chi connectivity index (χ2n) is 6.99. The first-order chi connectivity index (χ1) is 11.7. The van der Waals surface area contributed by atoms with Crippen molar-refractivity contribution in [3.05, 3.63) is 60.2 Å². The fourth-order valence-electron chi connectivity index (χ4n) is 3.70. The van der Waals surface area contributed by atoms with Crippen LogP contribution < -0.4 is 5.32 Å². The van der Waals surface area contributed by atoms with Gasteiger partial charge in [-0.25, -0.2) is 0 Å². The number of hydrogen-bond acceptors (Lipinski definition) is 2. The normalized spacial score (nSPS) is 13.5. The summed E-state index contributed by atoms with van der Waals surface area (Å²) < 4.78 is 0. The molecule has 0 aromatic heterocycles. The summed E-state index contributed by atoms with van der Waals surface area (Å²) in [7, 11) is 0. The number of hydrogen-bond donors (Lipinski definition) is 2. The molecule has 0 aliphatic heterocycles. The van der Waals surface area contributed by atoms with Gasteiger partial charge < -0.3 is 10.4 Å². The fourth-order valence-corrected chi connectivity index (χ4v) is 3.70. The van der Waals surface area contributed by atoms with Crippen LogP contribution in [0, 0.1) is 5.92 Å². The van der Waals surface area contributed by atoms with Crippen molar-refractivity contribution >= 4 is 32.3 Å². The molecule has 2 N–H and O–H groups in total. The van der Waals surface area contributed by atoms with Gasteiger partial charge in [-0.15, -0.1) is 0 Å². The van der Waals surface area contributed by atoms with Crippen LogP contribution in [0.15, 0.2) is 54.6 Å². The molecule has 0 amide bonds. The zero-order valence-corrected chi connectivity index (χ0v) is 14.2. The van der Waals surface area contributed by atoms with E-state index < -0.39 is 0 Å². The van der Waals surface area contributed by atoms with Gasteiger partial charge in [0, 0.05) is 12.6 Å². The first kappa shape index (κ1) is 15.4. The van der Waals surface area contributed by atoms with Gasteiger partial charge in [0.05, 0.1) is 6.61 Å². The van der Waals surface area contributed by atoms with Gasteiger partial charge in [-0.3, -0.25) is 0 Å². The van der Waals surface area contributed by atoms with Crippen LogP contribution in [0.1, 0.15) is 19.4 Å². The zero-order valence-electron chi connectivity index (χ0n) is 14.2. The van der Waals surface area contributed by atoms with Crippen LogP contribution in [-0.4, -0.2) is 17.8 Å². The fraction of sp³-hybridized carbons (Fsp3) is 0.273. The summed E-state index contributed by atoms with van der Waals surface area (Å²) in [6.07, 6.45) is 0. The Morgan fingerprint density at radius 3 is 2.12 bits per heavy atom. The molecule has 0 aliphatic rings. The van der Waals surface area contributed by atoms with E-state index in [0.29, 0.717) is 5.92 Å². The molecule has 0 fully saturated rings. The maximum absolute atomic E-state index is 9.55. The van der Waals surface area contributed by atoms with Gasteiger partial charge >= 0.3 is 0 Å². The Morgan fingerprint density at radius 1 is 0.833 bits per heavy atom. The van der Waals surface area contributed by atoms with E-state index in [2.05, 4.69) is 73.8 Å². The van der Waals surface area contributed by atoms with Crippen molar-refractivity contribution in [2.24, 2.45) is 5.92 Å². The smallest absolute Gasteiger partial charge is 0.0587 e. The Kier molecular flexibility index (Phi) is 3.87. The van der Waals surface area contributed by atoms with Gasteiger partial charge in [-0.1, -0.05) is 68.4 Å². The summed E-state index contributed by atoms with van der Waals surface area (Å²) in [4.78, 5) is 0. The van der Waals surface area contributed by atoms with Crippen LogP contribution in [-0.2, 0) is 6.54 Å². The second kappa shape index (κ2) is 6.04. The molecule has 24 heavy (non-hydrogen) atoms.